The van der Waals surface area contributed by atoms with Gasteiger partial charge in [-0.3, -0.25) is 0 Å². The number of hydrogen-bond acceptors (Lipinski definition) is 2. The third kappa shape index (κ3) is 2.39. The van der Waals surface area contributed by atoms with E-state index in [1.807, 2.05) is 36.0 Å². The van der Waals surface area contributed by atoms with Gasteiger partial charge in [-0.2, -0.15) is 0 Å². The fourth-order valence-corrected chi connectivity index (χ4v) is 2.18. The van der Waals surface area contributed by atoms with Crippen molar-refractivity contribution in [1.29, 1.82) is 0 Å². The fraction of sp³-hybridized carbons (Fsp3) is 0.357. The molecule has 3 nitrogen and oxygen atoms in total. The molecule has 3 heteroatoms. The van der Waals surface area contributed by atoms with Crippen LogP contribution in [0.25, 0.3) is 0 Å². The maximum atomic E-state index is 10.4. The Balaban J connectivity index is 2.28. The van der Waals surface area contributed by atoms with E-state index >= 15 is 0 Å². The van der Waals surface area contributed by atoms with Gasteiger partial charge in [-0.1, -0.05) is 37.3 Å². The lowest BCUT2D eigenvalue weighted by molar-refractivity contribution is 0.130. The van der Waals surface area contributed by atoms with Crippen LogP contribution >= 0.6 is 0 Å². The molecule has 0 spiro atoms. The van der Waals surface area contributed by atoms with E-state index in [4.69, 9.17) is 0 Å². The van der Waals surface area contributed by atoms with Crippen molar-refractivity contribution in [2.24, 2.45) is 7.05 Å². The molecule has 0 aliphatic heterocycles. The fourth-order valence-electron chi connectivity index (χ4n) is 2.18. The summed E-state index contributed by atoms with van der Waals surface area (Å²) in [6.07, 6.45) is 3.91. The molecule has 2 rings (SSSR count). The van der Waals surface area contributed by atoms with Gasteiger partial charge < -0.3 is 9.67 Å². The van der Waals surface area contributed by atoms with Gasteiger partial charge in [0.15, 0.2) is 0 Å². The molecule has 2 atom stereocenters. The minimum atomic E-state index is -0.553. The standard InChI is InChI=1S/C14H18N2O/c1-3-12(11-7-5-4-6-8-11)13(17)14-15-9-10-16(14)2/h4-10,12-13,17H,3H2,1-2H3. The van der Waals surface area contributed by atoms with E-state index < -0.39 is 6.10 Å². The number of aliphatic hydroxyl groups is 1. The van der Waals surface area contributed by atoms with E-state index in [0.29, 0.717) is 0 Å². The smallest absolute Gasteiger partial charge is 0.137 e. The number of hydrogen-bond donors (Lipinski definition) is 1. The van der Waals surface area contributed by atoms with Crippen LogP contribution in [0.4, 0.5) is 0 Å². The zero-order chi connectivity index (χ0) is 12.3. The third-order valence-corrected chi connectivity index (χ3v) is 3.17. The Bertz CT molecular complexity index is 464. The topological polar surface area (TPSA) is 38.1 Å². The lowest BCUT2D eigenvalue weighted by Gasteiger charge is -2.21. The monoisotopic (exact) mass is 230 g/mol. The van der Waals surface area contributed by atoms with Crippen molar-refractivity contribution in [3.8, 4) is 0 Å². The molecule has 2 aromatic rings. The van der Waals surface area contributed by atoms with E-state index in [0.717, 1.165) is 17.8 Å². The summed E-state index contributed by atoms with van der Waals surface area (Å²) in [5.74, 6) is 0.818. The number of aromatic nitrogens is 2. The summed E-state index contributed by atoms with van der Waals surface area (Å²) >= 11 is 0. The highest BCUT2D eigenvalue weighted by atomic mass is 16.3. The van der Waals surface area contributed by atoms with E-state index in [-0.39, 0.29) is 5.92 Å². The number of benzene rings is 1. The van der Waals surface area contributed by atoms with Crippen LogP contribution in [-0.2, 0) is 7.05 Å². The van der Waals surface area contributed by atoms with E-state index in [1.165, 1.54) is 0 Å². The third-order valence-electron chi connectivity index (χ3n) is 3.17. The summed E-state index contributed by atoms with van der Waals surface area (Å²) < 4.78 is 1.87. The summed E-state index contributed by atoms with van der Waals surface area (Å²) in [5.41, 5.74) is 1.16. The Morgan fingerprint density at radius 2 is 2.00 bits per heavy atom. The number of aryl methyl sites for hydroxylation is 1. The molecule has 0 saturated heterocycles. The van der Waals surface area contributed by atoms with Crippen molar-refractivity contribution in [2.75, 3.05) is 0 Å². The quantitative estimate of drug-likeness (QED) is 0.876. The van der Waals surface area contributed by atoms with E-state index in [1.54, 1.807) is 6.20 Å². The Morgan fingerprint density at radius 1 is 1.29 bits per heavy atom. The zero-order valence-electron chi connectivity index (χ0n) is 10.2. The van der Waals surface area contributed by atoms with Crippen LogP contribution in [-0.4, -0.2) is 14.7 Å². The maximum absolute atomic E-state index is 10.4. The number of rotatable bonds is 4. The first-order valence-corrected chi connectivity index (χ1v) is 5.94. The van der Waals surface area contributed by atoms with Gasteiger partial charge >= 0.3 is 0 Å². The summed E-state index contributed by atoms with van der Waals surface area (Å²) in [4.78, 5) is 4.22. The number of imidazole rings is 1. The first-order chi connectivity index (χ1) is 8.24. The predicted octanol–water partition coefficient (Wildman–Crippen LogP) is 2.65. The van der Waals surface area contributed by atoms with Crippen molar-refractivity contribution in [2.45, 2.75) is 25.4 Å². The van der Waals surface area contributed by atoms with Crippen molar-refractivity contribution in [1.82, 2.24) is 9.55 Å². The minimum Gasteiger partial charge on any atom is -0.385 e. The van der Waals surface area contributed by atoms with E-state index in [2.05, 4.69) is 24.0 Å². The van der Waals surface area contributed by atoms with Gasteiger partial charge in [-0.25, -0.2) is 4.98 Å². The Morgan fingerprint density at radius 3 is 2.53 bits per heavy atom. The molecule has 17 heavy (non-hydrogen) atoms. The summed E-state index contributed by atoms with van der Waals surface area (Å²) in [6, 6.07) is 10.1. The molecule has 0 bridgehead atoms. The highest BCUT2D eigenvalue weighted by Gasteiger charge is 2.23. The average molecular weight is 230 g/mol. The van der Waals surface area contributed by atoms with Crippen molar-refractivity contribution in [3.63, 3.8) is 0 Å². The molecule has 1 N–H and O–H groups in total. The first-order valence-electron chi connectivity index (χ1n) is 5.94. The second-order valence-corrected chi connectivity index (χ2v) is 4.27. The van der Waals surface area contributed by atoms with Gasteiger partial charge in [0.25, 0.3) is 0 Å². The second kappa shape index (κ2) is 5.15. The molecule has 1 aromatic heterocycles. The van der Waals surface area contributed by atoms with Gasteiger partial charge in [0.2, 0.25) is 0 Å². The minimum absolute atomic E-state index is 0.0947. The van der Waals surface area contributed by atoms with Gasteiger partial charge in [-0.15, -0.1) is 0 Å². The number of nitrogens with zero attached hydrogens (tertiary/aromatic N) is 2. The van der Waals surface area contributed by atoms with Crippen molar-refractivity contribution < 1.29 is 5.11 Å². The maximum Gasteiger partial charge on any atom is 0.137 e. The van der Waals surface area contributed by atoms with Crippen molar-refractivity contribution in [3.05, 3.63) is 54.1 Å². The van der Waals surface area contributed by atoms with Crippen LogP contribution in [0.3, 0.4) is 0 Å². The SMILES string of the molecule is CCC(c1ccccc1)C(O)c1nccn1C. The molecule has 0 radical (unpaired) electrons. The van der Waals surface area contributed by atoms with E-state index in [9.17, 15) is 5.11 Å². The molecule has 0 saturated carbocycles. The molecule has 0 aliphatic rings. The highest BCUT2D eigenvalue weighted by Crippen LogP contribution is 2.32. The average Bonchev–Trinajstić information content (AvgIpc) is 2.77. The Kier molecular flexibility index (Phi) is 3.59. The Labute approximate surface area is 102 Å². The molecule has 1 heterocycles. The van der Waals surface area contributed by atoms with Crippen LogP contribution in [0.1, 0.15) is 36.8 Å². The number of aliphatic hydroxyl groups excluding tert-OH is 1. The molecule has 0 aliphatic carbocycles. The largest absolute Gasteiger partial charge is 0.385 e. The Hall–Kier alpha value is -1.61. The van der Waals surface area contributed by atoms with Gasteiger partial charge in [-0.05, 0) is 12.0 Å². The molecule has 0 amide bonds. The van der Waals surface area contributed by atoms with Crippen LogP contribution in [0.2, 0.25) is 0 Å². The lowest BCUT2D eigenvalue weighted by atomic mass is 9.90. The summed E-state index contributed by atoms with van der Waals surface area (Å²) in [5, 5.41) is 10.4. The van der Waals surface area contributed by atoms with Gasteiger partial charge in [0, 0.05) is 25.4 Å². The zero-order valence-corrected chi connectivity index (χ0v) is 10.2. The molecular weight excluding hydrogens is 212 g/mol. The lowest BCUT2D eigenvalue weighted by Crippen LogP contribution is -2.14. The molecule has 1 aromatic carbocycles. The van der Waals surface area contributed by atoms with Crippen LogP contribution < -0.4 is 0 Å². The predicted molar refractivity (Wildman–Crippen MR) is 67.6 cm³/mol. The van der Waals surface area contributed by atoms with Crippen LogP contribution in [0.5, 0.6) is 0 Å². The highest BCUT2D eigenvalue weighted by molar-refractivity contribution is 5.22. The van der Waals surface area contributed by atoms with Gasteiger partial charge in [0.05, 0.1) is 0 Å². The van der Waals surface area contributed by atoms with Gasteiger partial charge in [0.1, 0.15) is 11.9 Å². The van der Waals surface area contributed by atoms with Crippen molar-refractivity contribution >= 4 is 0 Å². The normalized spacial score (nSPS) is 14.5. The summed E-state index contributed by atoms with van der Waals surface area (Å²) in [7, 11) is 1.91. The molecular formula is C14H18N2O. The molecule has 2 unspecified atom stereocenters. The first kappa shape index (κ1) is 11.9. The van der Waals surface area contributed by atoms with Crippen LogP contribution in [0, 0.1) is 0 Å². The second-order valence-electron chi connectivity index (χ2n) is 4.27. The molecule has 0 fully saturated rings. The summed E-state index contributed by atoms with van der Waals surface area (Å²) in [6.45, 7) is 2.09. The van der Waals surface area contributed by atoms with Crippen LogP contribution in [0.15, 0.2) is 42.7 Å². The molecule has 90 valence electrons.